The Morgan fingerprint density at radius 1 is 1.23 bits per heavy atom. The molecule has 3 N–H and O–H groups in total. The molecule has 2 aromatic rings. The summed E-state index contributed by atoms with van der Waals surface area (Å²) in [6.45, 7) is 0.460. The van der Waals surface area contributed by atoms with Crippen LogP contribution >= 0.6 is 23.2 Å². The topological polar surface area (TPSA) is 41.8 Å². The second kappa shape index (κ2) is 3.22. The van der Waals surface area contributed by atoms with Gasteiger partial charge in [0.05, 0.1) is 15.6 Å². The molecule has 0 saturated heterocycles. The van der Waals surface area contributed by atoms with E-state index in [1.54, 1.807) is 12.1 Å². The summed E-state index contributed by atoms with van der Waals surface area (Å²) in [7, 11) is 0. The molecule has 0 amide bonds. The molecule has 4 heteroatoms. The number of nitrogens with two attached hydrogens (primary N) is 1. The van der Waals surface area contributed by atoms with Crippen molar-refractivity contribution in [2.75, 3.05) is 0 Å². The highest BCUT2D eigenvalue weighted by molar-refractivity contribution is 6.39. The first-order chi connectivity index (χ1) is 6.22. The third kappa shape index (κ3) is 1.41. The zero-order valence-corrected chi connectivity index (χ0v) is 8.28. The maximum atomic E-state index is 5.98. The first kappa shape index (κ1) is 8.88. The molecule has 0 aliphatic heterocycles. The lowest BCUT2D eigenvalue weighted by molar-refractivity contribution is 1.02. The Labute approximate surface area is 85.6 Å². The van der Waals surface area contributed by atoms with Gasteiger partial charge in [-0.25, -0.2) is 0 Å². The van der Waals surface area contributed by atoms with Gasteiger partial charge in [-0.1, -0.05) is 23.2 Å². The van der Waals surface area contributed by atoms with Gasteiger partial charge in [0, 0.05) is 17.6 Å². The van der Waals surface area contributed by atoms with E-state index in [4.69, 9.17) is 28.9 Å². The average Bonchev–Trinajstić information content (AvgIpc) is 2.56. The zero-order valence-electron chi connectivity index (χ0n) is 6.77. The summed E-state index contributed by atoms with van der Waals surface area (Å²) in [5, 5.41) is 2.28. The smallest absolute Gasteiger partial charge is 0.0660 e. The Kier molecular flexibility index (Phi) is 2.20. The molecule has 1 aromatic carbocycles. The lowest BCUT2D eigenvalue weighted by Gasteiger charge is -1.94. The van der Waals surface area contributed by atoms with Crippen LogP contribution in [0.5, 0.6) is 0 Å². The molecule has 0 saturated carbocycles. The Balaban J connectivity index is 2.80. The number of nitrogens with one attached hydrogen (secondary N) is 1. The normalized spacial score (nSPS) is 11.0. The number of hydrogen-bond donors (Lipinski definition) is 2. The van der Waals surface area contributed by atoms with E-state index >= 15 is 0 Å². The van der Waals surface area contributed by atoms with Crippen LogP contribution in [0.15, 0.2) is 18.2 Å². The fourth-order valence-corrected chi connectivity index (χ4v) is 1.74. The second-order valence-corrected chi connectivity index (χ2v) is 3.63. The van der Waals surface area contributed by atoms with E-state index in [1.807, 2.05) is 6.07 Å². The zero-order chi connectivity index (χ0) is 9.42. The second-order valence-electron chi connectivity index (χ2n) is 2.82. The van der Waals surface area contributed by atoms with E-state index < -0.39 is 0 Å². The van der Waals surface area contributed by atoms with E-state index in [1.165, 1.54) is 0 Å². The van der Waals surface area contributed by atoms with E-state index in [9.17, 15) is 0 Å². The van der Waals surface area contributed by atoms with Crippen molar-refractivity contribution in [2.45, 2.75) is 6.54 Å². The highest BCUT2D eigenvalue weighted by Crippen LogP contribution is 2.29. The molecule has 2 rings (SSSR count). The summed E-state index contributed by atoms with van der Waals surface area (Å²) in [5.41, 5.74) is 7.29. The van der Waals surface area contributed by atoms with Crippen molar-refractivity contribution in [1.82, 2.24) is 4.98 Å². The summed E-state index contributed by atoms with van der Waals surface area (Å²) in [4.78, 5) is 3.11. The van der Waals surface area contributed by atoms with Crippen molar-refractivity contribution in [3.63, 3.8) is 0 Å². The van der Waals surface area contributed by atoms with Crippen LogP contribution in [0.4, 0.5) is 0 Å². The van der Waals surface area contributed by atoms with Gasteiger partial charge in [-0.3, -0.25) is 0 Å². The molecular formula is C9H8Cl2N2. The molecule has 13 heavy (non-hydrogen) atoms. The van der Waals surface area contributed by atoms with Crippen LogP contribution in [0.2, 0.25) is 10.0 Å². The van der Waals surface area contributed by atoms with Crippen molar-refractivity contribution in [3.05, 3.63) is 33.9 Å². The van der Waals surface area contributed by atoms with Crippen LogP contribution in [0.1, 0.15) is 5.69 Å². The van der Waals surface area contributed by atoms with E-state index in [-0.39, 0.29) is 0 Å². The number of fused-ring (bicyclic) bond motifs is 1. The lowest BCUT2D eigenvalue weighted by Crippen LogP contribution is -1.95. The SMILES string of the molecule is NCc1cc2c(Cl)ccc(Cl)c2[nH]1. The number of aromatic nitrogens is 1. The van der Waals surface area contributed by atoms with Crippen LogP contribution in [0, 0.1) is 0 Å². The summed E-state index contributed by atoms with van der Waals surface area (Å²) in [6.07, 6.45) is 0. The van der Waals surface area contributed by atoms with Crippen LogP contribution in [0.3, 0.4) is 0 Å². The van der Waals surface area contributed by atoms with Gasteiger partial charge in [0.2, 0.25) is 0 Å². The molecule has 1 heterocycles. The van der Waals surface area contributed by atoms with Gasteiger partial charge < -0.3 is 10.7 Å². The van der Waals surface area contributed by atoms with Gasteiger partial charge >= 0.3 is 0 Å². The highest BCUT2D eigenvalue weighted by Gasteiger charge is 2.06. The molecule has 0 bridgehead atoms. The Morgan fingerprint density at radius 3 is 2.54 bits per heavy atom. The third-order valence-corrected chi connectivity index (χ3v) is 2.61. The number of halogens is 2. The van der Waals surface area contributed by atoms with Crippen LogP contribution < -0.4 is 5.73 Å². The number of rotatable bonds is 1. The van der Waals surface area contributed by atoms with Crippen LogP contribution in [0.25, 0.3) is 10.9 Å². The molecule has 0 fully saturated rings. The number of H-pyrrole nitrogens is 1. The molecule has 2 nitrogen and oxygen atoms in total. The van der Waals surface area contributed by atoms with Crippen molar-refractivity contribution < 1.29 is 0 Å². The fourth-order valence-electron chi connectivity index (χ4n) is 1.32. The molecule has 0 aliphatic rings. The fraction of sp³-hybridized carbons (Fsp3) is 0.111. The van der Waals surface area contributed by atoms with Crippen molar-refractivity contribution in [1.29, 1.82) is 0 Å². The van der Waals surface area contributed by atoms with Crippen LogP contribution in [-0.4, -0.2) is 4.98 Å². The molecule has 0 radical (unpaired) electrons. The van der Waals surface area contributed by atoms with Gasteiger partial charge in [-0.05, 0) is 18.2 Å². The summed E-state index contributed by atoms with van der Waals surface area (Å²) < 4.78 is 0. The molecular weight excluding hydrogens is 207 g/mol. The van der Waals surface area contributed by atoms with Gasteiger partial charge in [-0.15, -0.1) is 0 Å². The van der Waals surface area contributed by atoms with Crippen molar-refractivity contribution >= 4 is 34.1 Å². The molecule has 1 aromatic heterocycles. The quantitative estimate of drug-likeness (QED) is 0.754. The van der Waals surface area contributed by atoms with Crippen LogP contribution in [-0.2, 0) is 6.54 Å². The maximum Gasteiger partial charge on any atom is 0.0660 e. The first-order valence-electron chi connectivity index (χ1n) is 3.88. The molecule has 0 spiro atoms. The lowest BCUT2D eigenvalue weighted by atomic mass is 10.2. The number of benzene rings is 1. The standard InChI is InChI=1S/C9H8Cl2N2/c10-7-1-2-8(11)9-6(7)3-5(4-12)13-9/h1-3,13H,4,12H2. The van der Waals surface area contributed by atoms with Gasteiger partial charge in [0.1, 0.15) is 0 Å². The molecule has 0 atom stereocenters. The first-order valence-corrected chi connectivity index (χ1v) is 4.63. The Hall–Kier alpha value is -0.700. The minimum atomic E-state index is 0.460. The van der Waals surface area contributed by atoms with Gasteiger partial charge in [-0.2, -0.15) is 0 Å². The largest absolute Gasteiger partial charge is 0.356 e. The average molecular weight is 215 g/mol. The van der Waals surface area contributed by atoms with E-state index in [2.05, 4.69) is 4.98 Å². The number of aromatic amines is 1. The van der Waals surface area contributed by atoms with E-state index in [0.717, 1.165) is 16.6 Å². The van der Waals surface area contributed by atoms with Gasteiger partial charge in [0.15, 0.2) is 0 Å². The summed E-state index contributed by atoms with van der Waals surface area (Å²) in [5.74, 6) is 0. The monoisotopic (exact) mass is 214 g/mol. The molecule has 0 aliphatic carbocycles. The Morgan fingerprint density at radius 2 is 1.92 bits per heavy atom. The van der Waals surface area contributed by atoms with E-state index in [0.29, 0.717) is 16.6 Å². The van der Waals surface area contributed by atoms with Gasteiger partial charge in [0.25, 0.3) is 0 Å². The maximum absolute atomic E-state index is 5.98. The van der Waals surface area contributed by atoms with Crippen molar-refractivity contribution in [3.8, 4) is 0 Å². The predicted molar refractivity (Wildman–Crippen MR) is 56.2 cm³/mol. The molecule has 0 unspecified atom stereocenters. The van der Waals surface area contributed by atoms with Crippen molar-refractivity contribution in [2.24, 2.45) is 5.73 Å². The Bertz CT molecular complexity index is 409. The molecule has 68 valence electrons. The summed E-state index contributed by atoms with van der Waals surface area (Å²) in [6, 6.07) is 5.47. The number of hydrogen-bond acceptors (Lipinski definition) is 1. The summed E-state index contributed by atoms with van der Waals surface area (Å²) >= 11 is 11.9. The predicted octanol–water partition coefficient (Wildman–Crippen LogP) is 2.93. The minimum Gasteiger partial charge on any atom is -0.356 e. The third-order valence-electron chi connectivity index (χ3n) is 1.97. The highest BCUT2D eigenvalue weighted by atomic mass is 35.5. The minimum absolute atomic E-state index is 0.460.